The lowest BCUT2D eigenvalue weighted by atomic mass is 10.1. The lowest BCUT2D eigenvalue weighted by Gasteiger charge is -2.28. The molecule has 2 aromatic carbocycles. The summed E-state index contributed by atoms with van der Waals surface area (Å²) in [5, 5.41) is 13.1. The van der Waals surface area contributed by atoms with Crippen molar-refractivity contribution < 1.29 is 13.2 Å². The Labute approximate surface area is 191 Å². The first kappa shape index (κ1) is 22.4. The van der Waals surface area contributed by atoms with E-state index in [0.717, 1.165) is 18.7 Å². The molecule has 1 fully saturated rings. The SMILES string of the molecule is Nc1nc(C(=O)N/N=C/c2ccc(N3CCCCC3)cc2)nn1-c1ccc(S(N)(=O)=O)cc1. The lowest BCUT2D eigenvalue weighted by molar-refractivity contribution is 0.0945. The van der Waals surface area contributed by atoms with Gasteiger partial charge in [-0.15, -0.1) is 5.10 Å². The van der Waals surface area contributed by atoms with E-state index in [-0.39, 0.29) is 16.7 Å². The van der Waals surface area contributed by atoms with Gasteiger partial charge in [0, 0.05) is 18.8 Å². The van der Waals surface area contributed by atoms with Crippen molar-refractivity contribution >= 4 is 33.8 Å². The molecule has 0 spiro atoms. The van der Waals surface area contributed by atoms with Crippen molar-refractivity contribution in [1.82, 2.24) is 20.2 Å². The summed E-state index contributed by atoms with van der Waals surface area (Å²) in [5.74, 6) is -0.857. The van der Waals surface area contributed by atoms with Gasteiger partial charge in [-0.25, -0.2) is 19.0 Å². The van der Waals surface area contributed by atoms with Crippen LogP contribution in [0.4, 0.5) is 11.6 Å². The number of nitrogens with two attached hydrogens (primary N) is 2. The average molecular weight is 469 g/mol. The normalized spacial score (nSPS) is 14.5. The maximum Gasteiger partial charge on any atom is 0.311 e. The van der Waals surface area contributed by atoms with E-state index in [9.17, 15) is 13.2 Å². The molecule has 0 atom stereocenters. The second-order valence-corrected chi connectivity index (χ2v) is 9.14. The number of amides is 1. The molecule has 12 heteroatoms. The number of anilines is 2. The number of nitrogen functional groups attached to an aromatic ring is 1. The Morgan fingerprint density at radius 1 is 1.00 bits per heavy atom. The molecule has 0 unspecified atom stereocenters. The number of nitrogens with zero attached hydrogens (tertiary/aromatic N) is 5. The first-order valence-corrected chi connectivity index (χ1v) is 11.9. The molecule has 0 aliphatic carbocycles. The smallest absolute Gasteiger partial charge is 0.311 e. The Hall–Kier alpha value is -3.77. The zero-order valence-corrected chi connectivity index (χ0v) is 18.6. The second kappa shape index (κ2) is 9.38. The van der Waals surface area contributed by atoms with Crippen LogP contribution in [0.15, 0.2) is 58.5 Å². The zero-order valence-electron chi connectivity index (χ0n) is 17.8. The summed E-state index contributed by atoms with van der Waals surface area (Å²) in [6, 6.07) is 13.5. The molecule has 1 amide bonds. The van der Waals surface area contributed by atoms with E-state index in [1.807, 2.05) is 24.3 Å². The van der Waals surface area contributed by atoms with Crippen LogP contribution in [0, 0.1) is 0 Å². The van der Waals surface area contributed by atoms with E-state index < -0.39 is 15.9 Å². The minimum Gasteiger partial charge on any atom is -0.372 e. The fourth-order valence-corrected chi connectivity index (χ4v) is 4.04. The van der Waals surface area contributed by atoms with Crippen LogP contribution in [0.1, 0.15) is 35.4 Å². The third-order valence-electron chi connectivity index (χ3n) is 5.24. The third kappa shape index (κ3) is 5.35. The first-order valence-electron chi connectivity index (χ1n) is 10.4. The number of nitrogens with one attached hydrogen (secondary N) is 1. The van der Waals surface area contributed by atoms with Crippen molar-refractivity contribution in [2.75, 3.05) is 23.7 Å². The first-order chi connectivity index (χ1) is 15.8. The second-order valence-electron chi connectivity index (χ2n) is 7.58. The Morgan fingerprint density at radius 2 is 1.64 bits per heavy atom. The molecule has 0 radical (unpaired) electrons. The summed E-state index contributed by atoms with van der Waals surface area (Å²) in [5.41, 5.74) is 10.7. The number of carbonyl (C=O) groups excluding carboxylic acids is 1. The number of hydrogen-bond donors (Lipinski definition) is 3. The molecule has 1 saturated heterocycles. The standard InChI is InChI=1S/C21H24N8O3S/c22-21-25-19(27-29(21)17-8-10-18(11-9-17)33(23,31)32)20(30)26-24-14-15-4-6-16(7-5-15)28-12-2-1-3-13-28/h4-11,14H,1-3,12-13H2,(H,26,30)(H2,22,25,27)(H2,23,31,32)/b24-14+. The van der Waals surface area contributed by atoms with Gasteiger partial charge < -0.3 is 10.6 Å². The van der Waals surface area contributed by atoms with Crippen molar-refractivity contribution in [3.8, 4) is 5.69 Å². The molecule has 1 aliphatic heterocycles. The van der Waals surface area contributed by atoms with Crippen molar-refractivity contribution in [1.29, 1.82) is 0 Å². The van der Waals surface area contributed by atoms with E-state index in [2.05, 4.69) is 25.5 Å². The quantitative estimate of drug-likeness (QED) is 0.362. The van der Waals surface area contributed by atoms with Crippen molar-refractivity contribution in [2.24, 2.45) is 10.2 Å². The molecule has 172 valence electrons. The highest BCUT2D eigenvalue weighted by Gasteiger charge is 2.16. The van der Waals surface area contributed by atoms with Gasteiger partial charge >= 0.3 is 5.91 Å². The predicted octanol–water partition coefficient (Wildman–Crippen LogP) is 1.25. The van der Waals surface area contributed by atoms with Gasteiger partial charge in [0.1, 0.15) is 0 Å². The van der Waals surface area contributed by atoms with E-state index in [0.29, 0.717) is 5.69 Å². The molecule has 3 aromatic rings. The van der Waals surface area contributed by atoms with Crippen LogP contribution in [-0.4, -0.2) is 48.4 Å². The van der Waals surface area contributed by atoms with E-state index in [1.165, 1.54) is 60.1 Å². The van der Waals surface area contributed by atoms with Crippen LogP contribution in [0.2, 0.25) is 0 Å². The number of aromatic nitrogens is 3. The summed E-state index contributed by atoms with van der Waals surface area (Å²) in [7, 11) is -3.82. The van der Waals surface area contributed by atoms with Gasteiger partial charge in [0.15, 0.2) is 0 Å². The Kier molecular flexibility index (Phi) is 6.38. The predicted molar refractivity (Wildman–Crippen MR) is 125 cm³/mol. The summed E-state index contributed by atoms with van der Waals surface area (Å²) in [4.78, 5) is 18.6. The number of carbonyl (C=O) groups is 1. The number of rotatable bonds is 6. The summed E-state index contributed by atoms with van der Waals surface area (Å²) >= 11 is 0. The Morgan fingerprint density at radius 3 is 2.27 bits per heavy atom. The molecule has 1 aliphatic rings. The average Bonchev–Trinajstić information content (AvgIpc) is 3.21. The number of hydrogen-bond acceptors (Lipinski definition) is 8. The van der Waals surface area contributed by atoms with Crippen LogP contribution in [-0.2, 0) is 10.0 Å². The zero-order chi connectivity index (χ0) is 23.4. The Balaban J connectivity index is 1.39. The van der Waals surface area contributed by atoms with E-state index >= 15 is 0 Å². The molecule has 0 saturated carbocycles. The lowest BCUT2D eigenvalue weighted by Crippen LogP contribution is -2.29. The van der Waals surface area contributed by atoms with E-state index in [1.54, 1.807) is 0 Å². The maximum absolute atomic E-state index is 12.4. The van der Waals surface area contributed by atoms with Crippen LogP contribution in [0.3, 0.4) is 0 Å². The fourth-order valence-electron chi connectivity index (χ4n) is 3.53. The highest BCUT2D eigenvalue weighted by atomic mass is 32.2. The highest BCUT2D eigenvalue weighted by Crippen LogP contribution is 2.20. The fraction of sp³-hybridized carbons (Fsp3) is 0.238. The summed E-state index contributed by atoms with van der Waals surface area (Å²) in [6.07, 6.45) is 5.24. The minimum atomic E-state index is -3.82. The topological polar surface area (TPSA) is 162 Å². The van der Waals surface area contributed by atoms with Gasteiger partial charge in [-0.2, -0.15) is 14.8 Å². The van der Waals surface area contributed by atoms with Crippen LogP contribution >= 0.6 is 0 Å². The van der Waals surface area contributed by atoms with Crippen LogP contribution < -0.4 is 21.2 Å². The number of piperidine rings is 1. The van der Waals surface area contributed by atoms with Gasteiger partial charge in [0.2, 0.25) is 21.8 Å². The van der Waals surface area contributed by atoms with E-state index in [4.69, 9.17) is 10.9 Å². The van der Waals surface area contributed by atoms with Gasteiger partial charge in [0.25, 0.3) is 0 Å². The van der Waals surface area contributed by atoms with Crippen molar-refractivity contribution in [3.05, 3.63) is 59.9 Å². The molecule has 0 bridgehead atoms. The van der Waals surface area contributed by atoms with Crippen LogP contribution in [0.25, 0.3) is 5.69 Å². The molecule has 11 nitrogen and oxygen atoms in total. The van der Waals surface area contributed by atoms with Gasteiger partial charge in [-0.05, 0) is 61.2 Å². The number of sulfonamides is 1. The maximum atomic E-state index is 12.4. The monoisotopic (exact) mass is 468 g/mol. The van der Waals surface area contributed by atoms with Crippen molar-refractivity contribution in [3.63, 3.8) is 0 Å². The summed E-state index contributed by atoms with van der Waals surface area (Å²) < 4.78 is 24.0. The van der Waals surface area contributed by atoms with Crippen LogP contribution in [0.5, 0.6) is 0 Å². The number of benzene rings is 2. The molecular weight excluding hydrogens is 444 g/mol. The van der Waals surface area contributed by atoms with Gasteiger partial charge in [-0.3, -0.25) is 4.79 Å². The largest absolute Gasteiger partial charge is 0.372 e. The van der Waals surface area contributed by atoms with Crippen molar-refractivity contribution in [2.45, 2.75) is 24.2 Å². The molecular formula is C21H24N8O3S. The molecule has 5 N–H and O–H groups in total. The highest BCUT2D eigenvalue weighted by molar-refractivity contribution is 7.89. The third-order valence-corrected chi connectivity index (χ3v) is 6.17. The molecule has 2 heterocycles. The van der Waals surface area contributed by atoms with Gasteiger partial charge in [0.05, 0.1) is 16.8 Å². The molecule has 33 heavy (non-hydrogen) atoms. The molecule has 4 rings (SSSR count). The number of primary sulfonamides is 1. The molecule has 1 aromatic heterocycles. The Bertz CT molecular complexity index is 1260. The van der Waals surface area contributed by atoms with Gasteiger partial charge in [-0.1, -0.05) is 12.1 Å². The number of hydrazone groups is 1. The summed E-state index contributed by atoms with van der Waals surface area (Å²) in [6.45, 7) is 2.14. The minimum absolute atomic E-state index is 0.0409.